The van der Waals surface area contributed by atoms with Crippen molar-refractivity contribution in [2.24, 2.45) is 0 Å². The molecule has 0 saturated heterocycles. The van der Waals surface area contributed by atoms with Gasteiger partial charge in [0.25, 0.3) is 5.69 Å². The van der Waals surface area contributed by atoms with E-state index in [-0.39, 0.29) is 11.4 Å². The van der Waals surface area contributed by atoms with Gasteiger partial charge in [0.05, 0.1) is 30.3 Å². The number of benzene rings is 2. The molecule has 10 heteroatoms. The third kappa shape index (κ3) is 4.16. The maximum Gasteiger partial charge on any atom is 0.296 e. The van der Waals surface area contributed by atoms with Crippen molar-refractivity contribution in [3.63, 3.8) is 0 Å². The predicted octanol–water partition coefficient (Wildman–Crippen LogP) is 3.07. The number of halogens is 3. The van der Waals surface area contributed by atoms with Gasteiger partial charge in [0, 0.05) is 0 Å². The molecule has 2 N–H and O–H groups in total. The van der Waals surface area contributed by atoms with Gasteiger partial charge in [-0.15, -0.1) is 0 Å². The molecule has 132 valence electrons. The van der Waals surface area contributed by atoms with Gasteiger partial charge < -0.3 is 15.4 Å². The lowest BCUT2D eigenvalue weighted by atomic mass is 10.2. The molecule has 0 fully saturated rings. The lowest BCUT2D eigenvalue weighted by Crippen LogP contribution is -2.22. The number of ether oxygens (including phenoxy) is 1. The van der Waals surface area contributed by atoms with Crippen LogP contribution in [0.3, 0.4) is 0 Å². The fraction of sp³-hybridized carbons (Fsp3) is 0.133. The highest BCUT2D eigenvalue weighted by molar-refractivity contribution is 5.95. The van der Waals surface area contributed by atoms with Crippen molar-refractivity contribution in [1.29, 1.82) is 0 Å². The molecule has 7 nitrogen and oxygen atoms in total. The summed E-state index contributed by atoms with van der Waals surface area (Å²) in [5.74, 6) is -5.02. The van der Waals surface area contributed by atoms with E-state index in [0.29, 0.717) is 6.07 Å². The van der Waals surface area contributed by atoms with E-state index < -0.39 is 46.2 Å². The molecule has 0 aliphatic rings. The summed E-state index contributed by atoms with van der Waals surface area (Å²) < 4.78 is 44.3. The third-order valence-corrected chi connectivity index (χ3v) is 3.15. The number of anilines is 2. The number of methoxy groups -OCH3 is 1. The maximum absolute atomic E-state index is 13.5. The Balaban J connectivity index is 2.08. The Hall–Kier alpha value is -3.30. The first-order valence-corrected chi connectivity index (χ1v) is 6.83. The highest BCUT2D eigenvalue weighted by Gasteiger charge is 2.18. The van der Waals surface area contributed by atoms with Crippen LogP contribution in [0.25, 0.3) is 0 Å². The first kappa shape index (κ1) is 18.0. The molecule has 0 atom stereocenters. The molecule has 2 aromatic carbocycles. The molecule has 0 spiro atoms. The first-order valence-electron chi connectivity index (χ1n) is 6.83. The summed E-state index contributed by atoms with van der Waals surface area (Å²) in [6.07, 6.45) is 0. The van der Waals surface area contributed by atoms with E-state index in [1.54, 1.807) is 0 Å². The van der Waals surface area contributed by atoms with Crippen LogP contribution in [0.1, 0.15) is 0 Å². The van der Waals surface area contributed by atoms with Crippen LogP contribution >= 0.6 is 0 Å². The van der Waals surface area contributed by atoms with Gasteiger partial charge in [-0.3, -0.25) is 14.9 Å². The molecule has 0 aliphatic carbocycles. The minimum absolute atomic E-state index is 0.0941. The number of rotatable bonds is 6. The maximum atomic E-state index is 13.5. The molecule has 1 amide bonds. The molecule has 0 saturated carbocycles. The Morgan fingerprint density at radius 3 is 2.48 bits per heavy atom. The van der Waals surface area contributed by atoms with Crippen LogP contribution in [0.5, 0.6) is 5.75 Å². The van der Waals surface area contributed by atoms with E-state index in [1.807, 2.05) is 0 Å². The lowest BCUT2D eigenvalue weighted by molar-refractivity contribution is -0.384. The second-order valence-electron chi connectivity index (χ2n) is 4.76. The quantitative estimate of drug-likeness (QED) is 0.472. The second-order valence-corrected chi connectivity index (χ2v) is 4.76. The van der Waals surface area contributed by atoms with Crippen molar-refractivity contribution >= 4 is 23.0 Å². The van der Waals surface area contributed by atoms with Crippen molar-refractivity contribution in [2.75, 3.05) is 24.3 Å². The van der Waals surface area contributed by atoms with Crippen LogP contribution in [-0.4, -0.2) is 24.5 Å². The van der Waals surface area contributed by atoms with Gasteiger partial charge in [-0.05, 0) is 24.3 Å². The number of carbonyl (C=O) groups is 1. The highest BCUT2D eigenvalue weighted by Crippen LogP contribution is 2.29. The zero-order chi connectivity index (χ0) is 18.6. The van der Waals surface area contributed by atoms with Crippen molar-refractivity contribution < 1.29 is 27.6 Å². The van der Waals surface area contributed by atoms with Crippen LogP contribution < -0.4 is 15.4 Å². The fourth-order valence-electron chi connectivity index (χ4n) is 1.93. The Kier molecular flexibility index (Phi) is 5.42. The van der Waals surface area contributed by atoms with Crippen LogP contribution in [0.15, 0.2) is 30.3 Å². The largest absolute Gasteiger partial charge is 0.496 e. The normalized spacial score (nSPS) is 10.2. The van der Waals surface area contributed by atoms with E-state index in [1.165, 1.54) is 19.2 Å². The lowest BCUT2D eigenvalue weighted by Gasteiger charge is -2.10. The van der Waals surface area contributed by atoms with Gasteiger partial charge in [-0.25, -0.2) is 13.2 Å². The number of amides is 1. The summed E-state index contributed by atoms with van der Waals surface area (Å²) >= 11 is 0. The first-order chi connectivity index (χ1) is 11.8. The molecule has 0 bridgehead atoms. The minimum atomic E-state index is -1.67. The standard InChI is InChI=1S/C15H12F3N3O4/c1-25-8-2-4-10(12(6-8)21(23)24)20-13(22)7-19-11-5-3-9(16)14(17)15(11)18/h2-6,19H,7H2,1H3,(H,20,22). The van der Waals surface area contributed by atoms with Crippen LogP contribution in [0, 0.1) is 27.6 Å². The number of hydrogen-bond acceptors (Lipinski definition) is 5. The second kappa shape index (κ2) is 7.51. The Labute approximate surface area is 139 Å². The summed E-state index contributed by atoms with van der Waals surface area (Å²) in [5.41, 5.74) is -0.909. The smallest absolute Gasteiger partial charge is 0.296 e. The molecule has 0 heterocycles. The Bertz CT molecular complexity index is 830. The molecule has 0 aliphatic heterocycles. The fourth-order valence-corrected chi connectivity index (χ4v) is 1.93. The average Bonchev–Trinajstić information content (AvgIpc) is 2.59. The average molecular weight is 355 g/mol. The van der Waals surface area contributed by atoms with E-state index in [2.05, 4.69) is 10.6 Å². The van der Waals surface area contributed by atoms with Gasteiger partial charge in [0.15, 0.2) is 17.5 Å². The number of nitro groups is 1. The van der Waals surface area contributed by atoms with E-state index >= 15 is 0 Å². The SMILES string of the molecule is COc1ccc(NC(=O)CNc2ccc(F)c(F)c2F)c([N+](=O)[O-])c1. The van der Waals surface area contributed by atoms with Crippen LogP contribution in [0.2, 0.25) is 0 Å². The number of nitrogens with one attached hydrogen (secondary N) is 2. The van der Waals surface area contributed by atoms with Crippen molar-refractivity contribution in [3.8, 4) is 5.75 Å². The molecule has 25 heavy (non-hydrogen) atoms. The molecule has 0 unspecified atom stereocenters. The van der Waals surface area contributed by atoms with Crippen molar-refractivity contribution in [2.45, 2.75) is 0 Å². The van der Waals surface area contributed by atoms with Gasteiger partial charge in [-0.1, -0.05) is 0 Å². The number of nitro benzene ring substituents is 1. The topological polar surface area (TPSA) is 93.5 Å². The Morgan fingerprint density at radius 1 is 1.16 bits per heavy atom. The zero-order valence-electron chi connectivity index (χ0n) is 12.8. The van der Waals surface area contributed by atoms with Gasteiger partial charge in [0.1, 0.15) is 11.4 Å². The van der Waals surface area contributed by atoms with E-state index in [0.717, 1.165) is 12.1 Å². The van der Waals surface area contributed by atoms with Crippen molar-refractivity contribution in [3.05, 3.63) is 57.9 Å². The molecule has 2 rings (SSSR count). The highest BCUT2D eigenvalue weighted by atomic mass is 19.2. The van der Waals surface area contributed by atoms with E-state index in [4.69, 9.17) is 4.74 Å². The zero-order valence-corrected chi connectivity index (χ0v) is 12.8. The predicted molar refractivity (Wildman–Crippen MR) is 83.1 cm³/mol. The van der Waals surface area contributed by atoms with Crippen molar-refractivity contribution in [1.82, 2.24) is 0 Å². The van der Waals surface area contributed by atoms with Gasteiger partial charge in [-0.2, -0.15) is 0 Å². The van der Waals surface area contributed by atoms with Crippen LogP contribution in [0.4, 0.5) is 30.2 Å². The molecular formula is C15H12F3N3O4. The summed E-state index contributed by atoms with van der Waals surface area (Å²) in [6, 6.07) is 5.43. The molecular weight excluding hydrogens is 343 g/mol. The van der Waals surface area contributed by atoms with Gasteiger partial charge >= 0.3 is 0 Å². The van der Waals surface area contributed by atoms with Gasteiger partial charge in [0.2, 0.25) is 5.91 Å². The summed E-state index contributed by atoms with van der Waals surface area (Å²) in [6.45, 7) is -0.523. The Morgan fingerprint density at radius 2 is 1.84 bits per heavy atom. The monoisotopic (exact) mass is 355 g/mol. The molecule has 0 radical (unpaired) electrons. The molecule has 0 aromatic heterocycles. The summed E-state index contributed by atoms with van der Waals surface area (Å²) in [4.78, 5) is 22.2. The van der Waals surface area contributed by atoms with E-state index in [9.17, 15) is 28.1 Å². The number of carbonyl (C=O) groups excluding carboxylic acids is 1. The molecule has 2 aromatic rings. The third-order valence-electron chi connectivity index (χ3n) is 3.15. The minimum Gasteiger partial charge on any atom is -0.496 e. The number of nitrogens with zero attached hydrogens (tertiary/aromatic N) is 1. The summed E-state index contributed by atoms with van der Waals surface area (Å²) in [5, 5.41) is 15.6. The summed E-state index contributed by atoms with van der Waals surface area (Å²) in [7, 11) is 1.33. The van der Waals surface area contributed by atoms with Crippen LogP contribution in [-0.2, 0) is 4.79 Å². The number of hydrogen-bond donors (Lipinski definition) is 2.